The first kappa shape index (κ1) is 19.6. The van der Waals surface area contributed by atoms with Gasteiger partial charge in [0.2, 0.25) is 0 Å². The molecule has 1 aromatic heterocycles. The third-order valence-corrected chi connectivity index (χ3v) is 7.46. The molecule has 30 heavy (non-hydrogen) atoms. The minimum atomic E-state index is -0.942. The molecule has 1 N–H and O–H groups in total. The van der Waals surface area contributed by atoms with E-state index in [0.717, 1.165) is 5.46 Å². The van der Waals surface area contributed by atoms with E-state index in [9.17, 15) is 5.11 Å². The molecule has 149 valence electrons. The van der Waals surface area contributed by atoms with Crippen molar-refractivity contribution in [3.63, 3.8) is 0 Å². The number of fused-ring (bicyclic) bond motifs is 7. The molecule has 0 atom stereocenters. The van der Waals surface area contributed by atoms with E-state index < -0.39 is 11.2 Å². The molecule has 4 heteroatoms. The van der Waals surface area contributed by atoms with E-state index in [1.54, 1.807) is 21.3 Å². The average Bonchev–Trinajstić information content (AvgIpc) is 3.09. The summed E-state index contributed by atoms with van der Waals surface area (Å²) >= 11 is 1.85. The second-order valence-electron chi connectivity index (χ2n) is 8.99. The smallest absolute Gasteiger partial charge is 0.330 e. The quantitative estimate of drug-likeness (QED) is 0.283. The Labute approximate surface area is 181 Å². The van der Waals surface area contributed by atoms with Crippen LogP contribution in [0.2, 0.25) is 0 Å². The van der Waals surface area contributed by atoms with Gasteiger partial charge in [0, 0.05) is 20.2 Å². The molecule has 0 unspecified atom stereocenters. The summed E-state index contributed by atoms with van der Waals surface area (Å²) in [7, 11) is 1.75. The lowest BCUT2D eigenvalue weighted by molar-refractivity contribution is -0.0893. The van der Waals surface area contributed by atoms with Gasteiger partial charge < -0.3 is 9.76 Å². The van der Waals surface area contributed by atoms with E-state index in [2.05, 4.69) is 66.7 Å². The van der Waals surface area contributed by atoms with Gasteiger partial charge in [-0.1, -0.05) is 60.1 Å². The van der Waals surface area contributed by atoms with Crippen LogP contribution in [0.5, 0.6) is 0 Å². The Balaban J connectivity index is 1.65. The number of hydrogen-bond acceptors (Lipinski definition) is 3. The van der Waals surface area contributed by atoms with Crippen LogP contribution in [0, 0.1) is 0 Å². The second kappa shape index (κ2) is 6.81. The summed E-state index contributed by atoms with van der Waals surface area (Å²) in [6.45, 7) is 7.33. The minimum absolute atomic E-state index is 0.687. The first-order chi connectivity index (χ1) is 14.2. The molecule has 1 radical (unpaired) electrons. The molecule has 0 saturated carbocycles. The van der Waals surface area contributed by atoms with E-state index in [0.29, 0.717) is 0 Å². The van der Waals surface area contributed by atoms with Gasteiger partial charge >= 0.3 is 7.48 Å². The highest BCUT2D eigenvalue weighted by molar-refractivity contribution is 7.26. The number of hydrogen-bond donors (Lipinski definition) is 1. The van der Waals surface area contributed by atoms with Crippen LogP contribution in [0.1, 0.15) is 27.7 Å². The summed E-state index contributed by atoms with van der Waals surface area (Å²) in [5, 5.41) is 18.0. The summed E-state index contributed by atoms with van der Waals surface area (Å²) in [5.41, 5.74) is -0.642. The largest absolute Gasteiger partial charge is 0.427 e. The van der Waals surface area contributed by atoms with Crippen molar-refractivity contribution in [2.45, 2.75) is 38.9 Å². The Morgan fingerprint density at radius 2 is 1.50 bits per heavy atom. The van der Waals surface area contributed by atoms with Crippen LogP contribution >= 0.6 is 11.3 Å². The van der Waals surface area contributed by atoms with Crippen LogP contribution < -0.4 is 5.46 Å². The Morgan fingerprint density at radius 1 is 0.767 bits per heavy atom. The van der Waals surface area contributed by atoms with Crippen LogP contribution in [-0.2, 0) is 4.65 Å². The summed E-state index contributed by atoms with van der Waals surface area (Å²) < 4.78 is 8.60. The molecule has 0 bridgehead atoms. The van der Waals surface area contributed by atoms with Gasteiger partial charge in [-0.2, -0.15) is 0 Å². The number of thiophene rings is 1. The highest BCUT2D eigenvalue weighted by atomic mass is 32.1. The Morgan fingerprint density at radius 3 is 2.30 bits per heavy atom. The monoisotopic (exact) mass is 411 g/mol. The van der Waals surface area contributed by atoms with Crippen molar-refractivity contribution < 1.29 is 9.76 Å². The fourth-order valence-corrected chi connectivity index (χ4v) is 4.93. The van der Waals surface area contributed by atoms with E-state index >= 15 is 0 Å². The van der Waals surface area contributed by atoms with Crippen LogP contribution in [0.3, 0.4) is 0 Å². The first-order valence-corrected chi connectivity index (χ1v) is 11.1. The molecule has 0 amide bonds. The second-order valence-corrected chi connectivity index (χ2v) is 10.1. The highest BCUT2D eigenvalue weighted by Crippen LogP contribution is 2.40. The van der Waals surface area contributed by atoms with Gasteiger partial charge in [0.25, 0.3) is 0 Å². The fraction of sp³-hybridized carbons (Fsp3) is 0.231. The van der Waals surface area contributed by atoms with Crippen molar-refractivity contribution in [2.75, 3.05) is 0 Å². The molecular formula is C26H24BO2S. The van der Waals surface area contributed by atoms with Gasteiger partial charge in [-0.15, -0.1) is 11.3 Å². The first-order valence-electron chi connectivity index (χ1n) is 10.2. The SMILES string of the molecule is CC(C)(O)C(C)(C)O[B]c1ccc2c(ccc3ccc4sc5ccccc5c4c32)c1. The predicted octanol–water partition coefficient (Wildman–Crippen LogP) is 6.17. The normalized spacial score (nSPS) is 13.0. The molecule has 4 aromatic carbocycles. The third kappa shape index (κ3) is 3.11. The Bertz CT molecular complexity index is 1410. The van der Waals surface area contributed by atoms with Crippen molar-refractivity contribution in [3.05, 3.63) is 66.7 Å². The number of rotatable bonds is 4. The Hall–Kier alpha value is -2.40. The maximum Gasteiger partial charge on any atom is 0.330 e. The van der Waals surface area contributed by atoms with E-state index in [1.165, 1.54) is 41.7 Å². The lowest BCUT2D eigenvalue weighted by Crippen LogP contribution is -2.49. The van der Waals surface area contributed by atoms with Gasteiger partial charge in [-0.3, -0.25) is 0 Å². The zero-order chi connectivity index (χ0) is 21.1. The molecule has 0 aliphatic carbocycles. The molecule has 0 aliphatic heterocycles. The van der Waals surface area contributed by atoms with Gasteiger partial charge in [-0.05, 0) is 61.4 Å². The average molecular weight is 411 g/mol. The molecule has 1 heterocycles. The standard InChI is InChI=1S/C26H24BO2S/c1-25(2,28)26(3,4)29-27-18-12-13-19-17(15-18)10-9-16-11-14-22-24(23(16)19)20-7-5-6-8-21(20)30-22/h5-15,28H,1-4H3. The summed E-state index contributed by atoms with van der Waals surface area (Å²) in [6, 6.07) is 23.9. The lowest BCUT2D eigenvalue weighted by atomic mass is 9.81. The molecule has 0 fully saturated rings. The van der Waals surface area contributed by atoms with Crippen molar-refractivity contribution in [1.82, 2.24) is 0 Å². The minimum Gasteiger partial charge on any atom is -0.427 e. The van der Waals surface area contributed by atoms with Crippen LogP contribution in [0.4, 0.5) is 0 Å². The number of benzene rings is 4. The molecule has 5 rings (SSSR count). The van der Waals surface area contributed by atoms with Crippen LogP contribution in [-0.4, -0.2) is 23.8 Å². The molecule has 5 aromatic rings. The van der Waals surface area contributed by atoms with Crippen molar-refractivity contribution in [3.8, 4) is 0 Å². The van der Waals surface area contributed by atoms with E-state index in [1.807, 2.05) is 25.2 Å². The van der Waals surface area contributed by atoms with Crippen LogP contribution in [0.15, 0.2) is 66.7 Å². The predicted molar refractivity (Wildman–Crippen MR) is 131 cm³/mol. The maximum atomic E-state index is 10.3. The van der Waals surface area contributed by atoms with Crippen molar-refractivity contribution in [1.29, 1.82) is 0 Å². The molecule has 0 saturated heterocycles. The zero-order valence-electron chi connectivity index (χ0n) is 17.7. The van der Waals surface area contributed by atoms with Gasteiger partial charge in [0.05, 0.1) is 11.2 Å². The summed E-state index contributed by atoms with van der Waals surface area (Å²) in [6.07, 6.45) is 0. The summed E-state index contributed by atoms with van der Waals surface area (Å²) in [4.78, 5) is 0. The van der Waals surface area contributed by atoms with E-state index in [4.69, 9.17) is 4.65 Å². The van der Waals surface area contributed by atoms with Crippen molar-refractivity contribution >= 4 is 66.0 Å². The topological polar surface area (TPSA) is 29.5 Å². The lowest BCUT2D eigenvalue weighted by Gasteiger charge is -2.37. The molecule has 0 aliphatic rings. The van der Waals surface area contributed by atoms with Crippen LogP contribution in [0.25, 0.3) is 41.7 Å². The highest BCUT2D eigenvalue weighted by Gasteiger charge is 2.35. The molecular weight excluding hydrogens is 387 g/mol. The third-order valence-electron chi connectivity index (χ3n) is 6.33. The molecule has 0 spiro atoms. The maximum absolute atomic E-state index is 10.3. The van der Waals surface area contributed by atoms with Gasteiger partial charge in [0.15, 0.2) is 0 Å². The van der Waals surface area contributed by atoms with Gasteiger partial charge in [0.1, 0.15) is 0 Å². The van der Waals surface area contributed by atoms with Gasteiger partial charge in [-0.25, -0.2) is 0 Å². The fourth-order valence-electron chi connectivity index (χ4n) is 3.82. The van der Waals surface area contributed by atoms with Crippen molar-refractivity contribution in [2.24, 2.45) is 0 Å². The Kier molecular flexibility index (Phi) is 4.44. The van der Waals surface area contributed by atoms with E-state index in [-0.39, 0.29) is 0 Å². The number of aliphatic hydroxyl groups is 1. The molecule has 2 nitrogen and oxygen atoms in total. The summed E-state index contributed by atoms with van der Waals surface area (Å²) in [5.74, 6) is 0. The zero-order valence-corrected chi connectivity index (χ0v) is 18.5.